The monoisotopic (exact) mass is 381 g/mol. The topological polar surface area (TPSA) is 70.6 Å². The lowest BCUT2D eigenvalue weighted by Crippen LogP contribution is -2.50. The number of nitrogens with one attached hydrogen (secondary N) is 1. The Kier molecular flexibility index (Phi) is 5.63. The number of carbonyl (C=O) groups is 1. The number of amides is 2. The van der Waals surface area contributed by atoms with Crippen molar-refractivity contribution in [3.63, 3.8) is 0 Å². The molecule has 10 heteroatoms. The summed E-state index contributed by atoms with van der Waals surface area (Å²) in [5, 5.41) is 2.68. The highest BCUT2D eigenvalue weighted by Gasteiger charge is 2.28. The van der Waals surface area contributed by atoms with Gasteiger partial charge in [0.2, 0.25) is 5.88 Å². The molecule has 2 amide bonds. The minimum Gasteiger partial charge on any atom is -0.468 e. The zero-order valence-electron chi connectivity index (χ0n) is 14.3. The summed E-state index contributed by atoms with van der Waals surface area (Å²) in [7, 11) is 0. The number of aromatic nitrogens is 2. The van der Waals surface area contributed by atoms with Crippen LogP contribution in [0.2, 0.25) is 0 Å². The van der Waals surface area contributed by atoms with Crippen molar-refractivity contribution in [3.05, 3.63) is 42.9 Å². The highest BCUT2D eigenvalue weighted by Crippen LogP contribution is 2.19. The average Bonchev–Trinajstić information content (AvgIpc) is 2.68. The van der Waals surface area contributed by atoms with Crippen molar-refractivity contribution < 1.29 is 22.7 Å². The molecule has 27 heavy (non-hydrogen) atoms. The lowest BCUT2D eigenvalue weighted by atomic mass is 10.3. The van der Waals surface area contributed by atoms with E-state index in [1.54, 1.807) is 17.3 Å². The maximum absolute atomic E-state index is 12.3. The van der Waals surface area contributed by atoms with Crippen molar-refractivity contribution in [2.75, 3.05) is 43.0 Å². The molecule has 7 nitrogen and oxygen atoms in total. The first-order chi connectivity index (χ1) is 12.9. The molecule has 0 aromatic carbocycles. The molecule has 3 heterocycles. The van der Waals surface area contributed by atoms with E-state index < -0.39 is 12.8 Å². The van der Waals surface area contributed by atoms with Crippen LogP contribution in [0.1, 0.15) is 0 Å². The van der Waals surface area contributed by atoms with Crippen LogP contribution < -0.4 is 15.0 Å². The largest absolute Gasteiger partial charge is 0.468 e. The van der Waals surface area contributed by atoms with E-state index in [9.17, 15) is 18.0 Å². The van der Waals surface area contributed by atoms with E-state index in [1.165, 1.54) is 18.3 Å². The van der Waals surface area contributed by atoms with Crippen LogP contribution in [0, 0.1) is 0 Å². The van der Waals surface area contributed by atoms with E-state index in [4.69, 9.17) is 0 Å². The number of anilines is 2. The molecule has 0 bridgehead atoms. The number of carbonyl (C=O) groups excluding carboxylic acids is 1. The molecule has 0 aliphatic carbocycles. The lowest BCUT2D eigenvalue weighted by molar-refractivity contribution is -0.154. The van der Waals surface area contributed by atoms with Gasteiger partial charge in [-0.1, -0.05) is 0 Å². The predicted octanol–water partition coefficient (Wildman–Crippen LogP) is 2.77. The Hall–Kier alpha value is -3.04. The van der Waals surface area contributed by atoms with Crippen LogP contribution in [-0.4, -0.2) is 59.9 Å². The fourth-order valence-corrected chi connectivity index (χ4v) is 2.62. The van der Waals surface area contributed by atoms with Gasteiger partial charge in [0.15, 0.2) is 6.61 Å². The molecule has 1 aliphatic heterocycles. The summed E-state index contributed by atoms with van der Waals surface area (Å²) in [6.45, 7) is 1.08. The second-order valence-electron chi connectivity index (χ2n) is 5.90. The van der Waals surface area contributed by atoms with E-state index >= 15 is 0 Å². The summed E-state index contributed by atoms with van der Waals surface area (Å²) >= 11 is 0. The summed E-state index contributed by atoms with van der Waals surface area (Å²) in [4.78, 5) is 23.9. The van der Waals surface area contributed by atoms with Crippen molar-refractivity contribution in [2.24, 2.45) is 0 Å². The van der Waals surface area contributed by atoms with Gasteiger partial charge in [0.1, 0.15) is 0 Å². The Bertz CT molecular complexity index is 747. The minimum atomic E-state index is -4.42. The van der Waals surface area contributed by atoms with Crippen molar-refractivity contribution in [3.8, 4) is 5.88 Å². The molecule has 1 N–H and O–H groups in total. The van der Waals surface area contributed by atoms with Crippen molar-refractivity contribution in [2.45, 2.75) is 6.18 Å². The Morgan fingerprint density at radius 1 is 1.11 bits per heavy atom. The van der Waals surface area contributed by atoms with E-state index in [-0.39, 0.29) is 11.9 Å². The molecular weight excluding hydrogens is 363 g/mol. The van der Waals surface area contributed by atoms with Gasteiger partial charge in [-0.25, -0.2) is 9.78 Å². The van der Waals surface area contributed by atoms with Gasteiger partial charge in [-0.3, -0.25) is 4.98 Å². The predicted molar refractivity (Wildman–Crippen MR) is 92.8 cm³/mol. The van der Waals surface area contributed by atoms with Crippen LogP contribution in [0.4, 0.5) is 29.3 Å². The molecule has 1 aliphatic rings. The van der Waals surface area contributed by atoms with Crippen LogP contribution >= 0.6 is 0 Å². The van der Waals surface area contributed by atoms with Gasteiger partial charge in [-0.2, -0.15) is 13.2 Å². The molecule has 2 aromatic heterocycles. The van der Waals surface area contributed by atoms with Crippen molar-refractivity contribution in [1.29, 1.82) is 0 Å². The number of pyridine rings is 2. The molecule has 3 rings (SSSR count). The molecule has 0 spiro atoms. The number of urea groups is 1. The fraction of sp³-hybridized carbons (Fsp3) is 0.353. The summed E-state index contributed by atoms with van der Waals surface area (Å²) in [6, 6.07) is 6.29. The van der Waals surface area contributed by atoms with Gasteiger partial charge in [-0.05, 0) is 18.2 Å². The fourth-order valence-electron chi connectivity index (χ4n) is 2.62. The Morgan fingerprint density at radius 2 is 1.81 bits per heavy atom. The Labute approximate surface area is 153 Å². The second kappa shape index (κ2) is 8.11. The van der Waals surface area contributed by atoms with Gasteiger partial charge >= 0.3 is 12.2 Å². The third-order valence-corrected chi connectivity index (χ3v) is 3.97. The van der Waals surface area contributed by atoms with Crippen LogP contribution in [0.3, 0.4) is 0 Å². The van der Waals surface area contributed by atoms with Gasteiger partial charge < -0.3 is 19.9 Å². The first-order valence-electron chi connectivity index (χ1n) is 8.27. The van der Waals surface area contributed by atoms with Gasteiger partial charge in [0.05, 0.1) is 11.9 Å². The summed E-state index contributed by atoms with van der Waals surface area (Å²) < 4.78 is 40.9. The average molecular weight is 381 g/mol. The molecule has 2 aromatic rings. The molecule has 1 fully saturated rings. The molecule has 0 saturated carbocycles. The van der Waals surface area contributed by atoms with E-state index in [0.29, 0.717) is 31.9 Å². The number of hydrogen-bond donors (Lipinski definition) is 1. The highest BCUT2D eigenvalue weighted by molar-refractivity contribution is 5.89. The second-order valence-corrected chi connectivity index (χ2v) is 5.90. The number of nitrogens with zero attached hydrogens (tertiary/aromatic N) is 4. The first kappa shape index (κ1) is 18.7. The molecule has 1 saturated heterocycles. The number of alkyl halides is 3. The van der Waals surface area contributed by atoms with E-state index in [1.807, 2.05) is 12.1 Å². The van der Waals surface area contributed by atoms with E-state index in [2.05, 4.69) is 24.9 Å². The van der Waals surface area contributed by atoms with Crippen LogP contribution in [-0.2, 0) is 0 Å². The smallest absolute Gasteiger partial charge is 0.422 e. The van der Waals surface area contributed by atoms with Gasteiger partial charge in [0, 0.05) is 50.3 Å². The number of rotatable bonds is 4. The summed E-state index contributed by atoms with van der Waals surface area (Å²) in [6.07, 6.45) is 0.289. The zero-order chi connectivity index (χ0) is 19.3. The Balaban J connectivity index is 1.48. The highest BCUT2D eigenvalue weighted by atomic mass is 19.4. The SMILES string of the molecule is O=C(Nc1ccc(OCC(F)(F)F)nc1)N1CCN(c2ccncc2)CC1. The van der Waals surface area contributed by atoms with Gasteiger partial charge in [-0.15, -0.1) is 0 Å². The van der Waals surface area contributed by atoms with E-state index in [0.717, 1.165) is 5.69 Å². The number of ether oxygens (including phenoxy) is 1. The number of halogens is 3. The summed E-state index contributed by atoms with van der Waals surface area (Å²) in [5.74, 6) is -0.156. The molecule has 0 radical (unpaired) electrons. The third-order valence-electron chi connectivity index (χ3n) is 3.97. The standard InChI is InChI=1S/C17H18F3N5O2/c18-17(19,20)12-27-15-2-1-13(11-22-15)23-16(26)25-9-7-24(8-10-25)14-3-5-21-6-4-14/h1-6,11H,7-10,12H2,(H,23,26). The maximum Gasteiger partial charge on any atom is 0.422 e. The number of hydrogen-bond acceptors (Lipinski definition) is 5. The van der Waals surface area contributed by atoms with Gasteiger partial charge in [0.25, 0.3) is 0 Å². The first-order valence-corrected chi connectivity index (χ1v) is 8.27. The summed E-state index contributed by atoms with van der Waals surface area (Å²) in [5.41, 5.74) is 1.44. The molecular formula is C17H18F3N5O2. The van der Waals surface area contributed by atoms with Crippen molar-refractivity contribution in [1.82, 2.24) is 14.9 Å². The van der Waals surface area contributed by atoms with Crippen LogP contribution in [0.25, 0.3) is 0 Å². The minimum absolute atomic E-state index is 0.156. The molecule has 144 valence electrons. The third kappa shape index (κ3) is 5.47. The zero-order valence-corrected chi connectivity index (χ0v) is 14.3. The molecule has 0 unspecified atom stereocenters. The lowest BCUT2D eigenvalue weighted by Gasteiger charge is -2.35. The maximum atomic E-state index is 12.3. The quantitative estimate of drug-likeness (QED) is 0.882. The van der Waals surface area contributed by atoms with Crippen LogP contribution in [0.5, 0.6) is 5.88 Å². The Morgan fingerprint density at radius 3 is 2.41 bits per heavy atom. The number of piperazine rings is 1. The van der Waals surface area contributed by atoms with Crippen LogP contribution in [0.15, 0.2) is 42.9 Å². The van der Waals surface area contributed by atoms with Crippen molar-refractivity contribution >= 4 is 17.4 Å². The normalized spacial score (nSPS) is 14.8. The molecule has 0 atom stereocenters.